The molecular formula is C25H23ClF3N5O3. The van der Waals surface area contributed by atoms with Crippen molar-refractivity contribution in [3.63, 3.8) is 0 Å². The van der Waals surface area contributed by atoms with E-state index in [0.29, 0.717) is 52.2 Å². The summed E-state index contributed by atoms with van der Waals surface area (Å²) in [6.07, 6.45) is 0.188. The first-order valence-electron chi connectivity index (χ1n) is 11.6. The molecule has 0 spiro atoms. The maximum absolute atomic E-state index is 13.3. The molecule has 0 bridgehead atoms. The van der Waals surface area contributed by atoms with Crippen LogP contribution < -0.4 is 9.47 Å². The highest BCUT2D eigenvalue weighted by Gasteiger charge is 2.41. The number of benzene rings is 1. The van der Waals surface area contributed by atoms with Crippen LogP contribution in [0.5, 0.6) is 11.6 Å². The number of ether oxygens (including phenoxy) is 2. The number of fused-ring (bicyclic) bond motifs is 1. The number of aliphatic hydroxyl groups excluding tert-OH is 1. The van der Waals surface area contributed by atoms with Crippen molar-refractivity contribution in [2.45, 2.75) is 44.5 Å². The van der Waals surface area contributed by atoms with Crippen LogP contribution in [0.4, 0.5) is 13.2 Å². The Labute approximate surface area is 215 Å². The number of aromatic nitrogens is 5. The second-order valence-electron chi connectivity index (χ2n) is 9.03. The van der Waals surface area contributed by atoms with Gasteiger partial charge in [0.15, 0.2) is 11.2 Å². The number of hydrogen-bond donors (Lipinski definition) is 1. The highest BCUT2D eigenvalue weighted by Crippen LogP contribution is 2.41. The Hall–Kier alpha value is -3.44. The topological polar surface area (TPSA) is 95.2 Å². The van der Waals surface area contributed by atoms with Crippen LogP contribution in [-0.2, 0) is 12.7 Å². The van der Waals surface area contributed by atoms with Gasteiger partial charge in [0.2, 0.25) is 5.88 Å². The first-order valence-corrected chi connectivity index (χ1v) is 12.0. The summed E-state index contributed by atoms with van der Waals surface area (Å²) in [6, 6.07) is 6.96. The Balaban J connectivity index is 1.60. The van der Waals surface area contributed by atoms with Crippen molar-refractivity contribution < 1.29 is 27.8 Å². The largest absolute Gasteiger partial charge is 0.493 e. The fraction of sp³-hybridized carbons (Fsp3) is 0.360. The van der Waals surface area contributed by atoms with Crippen molar-refractivity contribution in [3.05, 3.63) is 59.1 Å². The van der Waals surface area contributed by atoms with E-state index in [4.69, 9.17) is 31.2 Å². The quantitative estimate of drug-likeness (QED) is 0.292. The fourth-order valence-electron chi connectivity index (χ4n) is 3.78. The van der Waals surface area contributed by atoms with Crippen LogP contribution in [0.2, 0.25) is 5.02 Å². The molecule has 0 radical (unpaired) electrons. The Morgan fingerprint density at radius 1 is 1.14 bits per heavy atom. The molecule has 4 aromatic rings. The molecule has 0 saturated heterocycles. The third-order valence-electron chi connectivity index (χ3n) is 6.01. The van der Waals surface area contributed by atoms with Gasteiger partial charge in [-0.2, -0.15) is 18.2 Å². The lowest BCUT2D eigenvalue weighted by molar-refractivity contribution is -0.137. The van der Waals surface area contributed by atoms with Gasteiger partial charge in [-0.3, -0.25) is 4.98 Å². The average Bonchev–Trinajstić information content (AvgIpc) is 3.47. The molecular weight excluding hydrogens is 511 g/mol. The lowest BCUT2D eigenvalue weighted by Gasteiger charge is -2.13. The SMILES string of the molecule is CC1(Oc2ncnc3c2nc(-c2ccc(OCCCO)cc2Cl)n3Cc2cc(C(F)(F)F)ccn2)CC1. The first-order chi connectivity index (χ1) is 17.7. The molecule has 12 heteroatoms. The Kier molecular flexibility index (Phi) is 6.67. The minimum atomic E-state index is -4.50. The van der Waals surface area contributed by atoms with Crippen molar-refractivity contribution in [1.29, 1.82) is 0 Å². The fourth-order valence-corrected chi connectivity index (χ4v) is 4.04. The van der Waals surface area contributed by atoms with Crippen molar-refractivity contribution in [2.75, 3.05) is 13.2 Å². The number of hydrogen-bond acceptors (Lipinski definition) is 7. The van der Waals surface area contributed by atoms with Gasteiger partial charge in [-0.25, -0.2) is 9.97 Å². The number of halogens is 4. The molecule has 0 amide bonds. The zero-order valence-electron chi connectivity index (χ0n) is 19.8. The average molecular weight is 534 g/mol. The number of nitrogens with zero attached hydrogens (tertiary/aromatic N) is 5. The Morgan fingerprint density at radius 2 is 1.95 bits per heavy atom. The van der Waals surface area contributed by atoms with E-state index < -0.39 is 11.7 Å². The molecule has 1 aliphatic carbocycles. The van der Waals surface area contributed by atoms with Gasteiger partial charge >= 0.3 is 6.18 Å². The van der Waals surface area contributed by atoms with Crippen LogP contribution in [0.3, 0.4) is 0 Å². The van der Waals surface area contributed by atoms with Crippen LogP contribution in [0, 0.1) is 0 Å². The molecule has 1 N–H and O–H groups in total. The Morgan fingerprint density at radius 3 is 2.65 bits per heavy atom. The highest BCUT2D eigenvalue weighted by molar-refractivity contribution is 6.33. The number of pyridine rings is 1. The van der Waals surface area contributed by atoms with Crippen molar-refractivity contribution in [2.24, 2.45) is 0 Å². The van der Waals surface area contributed by atoms with Crippen molar-refractivity contribution >= 4 is 22.8 Å². The third-order valence-corrected chi connectivity index (χ3v) is 6.32. The van der Waals surface area contributed by atoms with Crippen LogP contribution in [0.25, 0.3) is 22.6 Å². The van der Waals surface area contributed by atoms with E-state index in [-0.39, 0.29) is 24.4 Å². The Bertz CT molecular complexity index is 1440. The molecule has 0 atom stereocenters. The van der Waals surface area contributed by atoms with Crippen molar-refractivity contribution in [1.82, 2.24) is 24.5 Å². The van der Waals surface area contributed by atoms with E-state index in [0.717, 1.165) is 31.2 Å². The van der Waals surface area contributed by atoms with Crippen LogP contribution in [0.1, 0.15) is 37.4 Å². The van der Waals surface area contributed by atoms with Crippen LogP contribution in [-0.4, -0.2) is 48.4 Å². The maximum Gasteiger partial charge on any atom is 0.416 e. The van der Waals surface area contributed by atoms with Gasteiger partial charge in [-0.15, -0.1) is 0 Å². The molecule has 0 aliphatic heterocycles. The molecule has 8 nitrogen and oxygen atoms in total. The summed E-state index contributed by atoms with van der Waals surface area (Å²) in [7, 11) is 0. The van der Waals surface area contributed by atoms with Gasteiger partial charge in [-0.05, 0) is 50.1 Å². The standard InChI is InChI=1S/C25H23ClF3N5O3/c1-24(6-7-24)37-23-20-22(31-14-32-23)34(13-16-11-15(5-8-30-16)25(27,28)29)21(33-20)18-4-3-17(12-19(18)26)36-10-2-9-35/h3-5,8,11-12,14,35H,2,6-7,9-10,13H2,1H3. The van der Waals surface area contributed by atoms with E-state index in [1.54, 1.807) is 22.8 Å². The smallest absolute Gasteiger partial charge is 0.416 e. The summed E-state index contributed by atoms with van der Waals surface area (Å²) < 4.78 is 53.3. The monoisotopic (exact) mass is 533 g/mol. The van der Waals surface area contributed by atoms with Crippen molar-refractivity contribution in [3.8, 4) is 23.0 Å². The summed E-state index contributed by atoms with van der Waals surface area (Å²) in [5.74, 6) is 1.17. The molecule has 5 rings (SSSR count). The summed E-state index contributed by atoms with van der Waals surface area (Å²) in [5, 5.41) is 9.28. The highest BCUT2D eigenvalue weighted by atomic mass is 35.5. The molecule has 0 unspecified atom stereocenters. The molecule has 1 fully saturated rings. The van der Waals surface area contributed by atoms with E-state index in [2.05, 4.69) is 15.0 Å². The third kappa shape index (κ3) is 5.47. The summed E-state index contributed by atoms with van der Waals surface area (Å²) in [5.41, 5.74) is 0.306. The van der Waals surface area contributed by atoms with E-state index >= 15 is 0 Å². The predicted molar refractivity (Wildman–Crippen MR) is 130 cm³/mol. The molecule has 37 heavy (non-hydrogen) atoms. The van der Waals surface area contributed by atoms with E-state index in [9.17, 15) is 13.2 Å². The van der Waals surface area contributed by atoms with Crippen LogP contribution in [0.15, 0.2) is 42.9 Å². The number of imidazole rings is 1. The van der Waals surface area contributed by atoms with Gasteiger partial charge in [0, 0.05) is 24.8 Å². The lowest BCUT2D eigenvalue weighted by atomic mass is 10.2. The molecule has 3 heterocycles. The van der Waals surface area contributed by atoms with Gasteiger partial charge in [0.25, 0.3) is 0 Å². The number of alkyl halides is 3. The number of aliphatic hydroxyl groups is 1. The molecule has 1 saturated carbocycles. The second-order valence-corrected chi connectivity index (χ2v) is 9.43. The maximum atomic E-state index is 13.3. The molecule has 194 valence electrons. The lowest BCUT2D eigenvalue weighted by Crippen LogP contribution is -2.13. The zero-order valence-corrected chi connectivity index (χ0v) is 20.6. The minimum absolute atomic E-state index is 0.00387. The molecule has 1 aromatic carbocycles. The molecule has 1 aliphatic rings. The van der Waals surface area contributed by atoms with E-state index in [1.807, 2.05) is 6.92 Å². The minimum Gasteiger partial charge on any atom is -0.493 e. The predicted octanol–water partition coefficient (Wildman–Crippen LogP) is 5.30. The number of rotatable bonds is 9. The molecule has 3 aromatic heterocycles. The summed E-state index contributed by atoms with van der Waals surface area (Å²) in [6.45, 7) is 2.25. The normalized spacial score (nSPS) is 14.6. The van der Waals surface area contributed by atoms with Gasteiger partial charge in [-0.1, -0.05) is 11.6 Å². The second kappa shape index (κ2) is 9.79. The van der Waals surface area contributed by atoms with Crippen LogP contribution >= 0.6 is 11.6 Å². The first kappa shape index (κ1) is 25.2. The van der Waals surface area contributed by atoms with Gasteiger partial charge in [0.1, 0.15) is 23.5 Å². The van der Waals surface area contributed by atoms with E-state index in [1.165, 1.54) is 6.33 Å². The summed E-state index contributed by atoms with van der Waals surface area (Å²) >= 11 is 6.61. The van der Waals surface area contributed by atoms with Gasteiger partial charge in [0.05, 0.1) is 29.4 Å². The van der Waals surface area contributed by atoms with Gasteiger partial charge < -0.3 is 19.1 Å². The summed E-state index contributed by atoms with van der Waals surface area (Å²) in [4.78, 5) is 17.5. The zero-order chi connectivity index (χ0) is 26.2.